The maximum absolute atomic E-state index is 12.1. The predicted molar refractivity (Wildman–Crippen MR) is 82.0 cm³/mol. The lowest BCUT2D eigenvalue weighted by molar-refractivity contribution is 0.0696. The Morgan fingerprint density at radius 3 is 2.09 bits per heavy atom. The minimum absolute atomic E-state index is 0.00709. The monoisotopic (exact) mass is 336 g/mol. The summed E-state index contributed by atoms with van der Waals surface area (Å²) in [4.78, 5) is 22.3. The maximum Gasteiger partial charge on any atom is 0.335 e. The molecular weight excluding hydrogens is 324 g/mol. The van der Waals surface area contributed by atoms with Gasteiger partial charge in [-0.2, -0.15) is 8.42 Å². The van der Waals surface area contributed by atoms with Crippen molar-refractivity contribution < 1.29 is 27.7 Å². The van der Waals surface area contributed by atoms with Crippen molar-refractivity contribution in [2.45, 2.75) is 4.90 Å². The third-order valence-electron chi connectivity index (χ3n) is 2.93. The van der Waals surface area contributed by atoms with Crippen LogP contribution in [-0.2, 0) is 10.1 Å². The summed E-state index contributed by atoms with van der Waals surface area (Å²) in [5, 5.41) is 11.1. The van der Waals surface area contributed by atoms with Crippen LogP contribution in [-0.4, -0.2) is 30.0 Å². The van der Waals surface area contributed by atoms with Crippen molar-refractivity contribution in [1.82, 2.24) is 0 Å². The van der Waals surface area contributed by atoms with Gasteiger partial charge in [-0.15, -0.1) is 0 Å². The van der Waals surface area contributed by atoms with E-state index in [-0.39, 0.29) is 22.5 Å². The second-order valence-corrected chi connectivity index (χ2v) is 5.96. The molecule has 1 amide bonds. The Kier molecular flexibility index (Phi) is 4.34. The third-order valence-corrected chi connectivity index (χ3v) is 3.82. The maximum atomic E-state index is 12.1. The highest BCUT2D eigenvalue weighted by Gasteiger charge is 2.18. The minimum atomic E-state index is -4.57. The molecule has 2 rings (SSSR count). The van der Waals surface area contributed by atoms with Crippen LogP contribution < -0.4 is 11.1 Å². The Hall–Kier alpha value is -2.91. The van der Waals surface area contributed by atoms with Crippen LogP contribution >= 0.6 is 0 Å². The van der Waals surface area contributed by atoms with Crippen LogP contribution in [0, 0.1) is 0 Å². The summed E-state index contributed by atoms with van der Waals surface area (Å²) in [6.07, 6.45) is 0. The van der Waals surface area contributed by atoms with E-state index in [2.05, 4.69) is 5.32 Å². The molecule has 0 fully saturated rings. The van der Waals surface area contributed by atoms with Gasteiger partial charge >= 0.3 is 5.97 Å². The van der Waals surface area contributed by atoms with Crippen LogP contribution in [0.25, 0.3) is 0 Å². The number of nitrogens with two attached hydrogens (primary N) is 1. The Morgan fingerprint density at radius 2 is 1.57 bits per heavy atom. The van der Waals surface area contributed by atoms with Crippen molar-refractivity contribution >= 4 is 33.4 Å². The van der Waals surface area contributed by atoms with Gasteiger partial charge in [0.2, 0.25) is 0 Å². The number of nitrogens with one attached hydrogen (secondary N) is 1. The van der Waals surface area contributed by atoms with Crippen molar-refractivity contribution in [2.75, 3.05) is 11.1 Å². The molecule has 0 heterocycles. The zero-order valence-electron chi connectivity index (χ0n) is 11.6. The molecule has 120 valence electrons. The quantitative estimate of drug-likeness (QED) is 0.488. The molecule has 23 heavy (non-hydrogen) atoms. The molecule has 2 aromatic carbocycles. The fraction of sp³-hybridized carbons (Fsp3) is 0. The Balaban J connectivity index is 2.32. The summed E-state index contributed by atoms with van der Waals surface area (Å²) < 4.78 is 31.8. The lowest BCUT2D eigenvalue weighted by atomic mass is 10.1. The smallest absolute Gasteiger partial charge is 0.335 e. The number of rotatable bonds is 4. The van der Waals surface area contributed by atoms with Crippen LogP contribution in [0.15, 0.2) is 47.4 Å². The Morgan fingerprint density at radius 1 is 1.00 bits per heavy atom. The SMILES string of the molecule is Nc1ccc(NC(=O)c2ccc(C(=O)O)cc2)c(S(=O)(=O)O)c1. The highest BCUT2D eigenvalue weighted by atomic mass is 32.2. The van der Waals surface area contributed by atoms with Gasteiger partial charge in [0, 0.05) is 11.3 Å². The second kappa shape index (κ2) is 6.07. The number of carbonyl (C=O) groups is 2. The number of aromatic carboxylic acids is 1. The lowest BCUT2D eigenvalue weighted by Gasteiger charge is -2.10. The van der Waals surface area contributed by atoms with E-state index in [0.29, 0.717) is 0 Å². The van der Waals surface area contributed by atoms with Crippen LogP contribution in [0.2, 0.25) is 0 Å². The van der Waals surface area contributed by atoms with Gasteiger partial charge in [0.25, 0.3) is 16.0 Å². The number of benzene rings is 2. The van der Waals surface area contributed by atoms with Crippen molar-refractivity contribution in [2.24, 2.45) is 0 Å². The summed E-state index contributed by atoms with van der Waals surface area (Å²) in [7, 11) is -4.57. The summed E-state index contributed by atoms with van der Waals surface area (Å²) in [6.45, 7) is 0. The highest BCUT2D eigenvalue weighted by Crippen LogP contribution is 2.24. The zero-order chi connectivity index (χ0) is 17.2. The van der Waals surface area contributed by atoms with E-state index in [0.717, 1.165) is 6.07 Å². The predicted octanol–water partition coefficient (Wildman–Crippen LogP) is 1.47. The molecule has 0 saturated carbocycles. The first-order valence-electron chi connectivity index (χ1n) is 6.20. The molecule has 0 spiro atoms. The molecule has 5 N–H and O–H groups in total. The number of carboxylic acid groups (broad SMARTS) is 1. The van der Waals surface area contributed by atoms with Crippen LogP contribution in [0.5, 0.6) is 0 Å². The first-order chi connectivity index (χ1) is 10.7. The molecular formula is C14H12N2O6S. The van der Waals surface area contributed by atoms with Crippen molar-refractivity contribution in [3.8, 4) is 0 Å². The molecule has 0 aromatic heterocycles. The zero-order valence-corrected chi connectivity index (χ0v) is 12.4. The van der Waals surface area contributed by atoms with E-state index < -0.39 is 26.9 Å². The largest absolute Gasteiger partial charge is 0.478 e. The molecule has 0 radical (unpaired) electrons. The molecule has 0 unspecified atom stereocenters. The molecule has 8 nitrogen and oxygen atoms in total. The molecule has 0 aliphatic rings. The summed E-state index contributed by atoms with van der Waals surface area (Å²) >= 11 is 0. The van der Waals surface area contributed by atoms with Crippen LogP contribution in [0.1, 0.15) is 20.7 Å². The van der Waals surface area contributed by atoms with E-state index in [1.165, 1.54) is 36.4 Å². The molecule has 0 atom stereocenters. The van der Waals surface area contributed by atoms with E-state index in [1.54, 1.807) is 0 Å². The topological polar surface area (TPSA) is 147 Å². The van der Waals surface area contributed by atoms with Crippen LogP contribution in [0.3, 0.4) is 0 Å². The fourth-order valence-corrected chi connectivity index (χ4v) is 2.50. The molecule has 0 aliphatic heterocycles. The van der Waals surface area contributed by atoms with E-state index >= 15 is 0 Å². The molecule has 0 saturated heterocycles. The number of hydrogen-bond acceptors (Lipinski definition) is 5. The summed E-state index contributed by atoms with van der Waals surface area (Å²) in [5.74, 6) is -1.80. The third kappa shape index (κ3) is 3.84. The van der Waals surface area contributed by atoms with Gasteiger partial charge in [-0.25, -0.2) is 4.79 Å². The first kappa shape index (κ1) is 16.5. The van der Waals surface area contributed by atoms with E-state index in [9.17, 15) is 22.6 Å². The average molecular weight is 336 g/mol. The molecule has 9 heteroatoms. The van der Waals surface area contributed by atoms with Gasteiger partial charge < -0.3 is 16.2 Å². The van der Waals surface area contributed by atoms with Gasteiger partial charge in [-0.1, -0.05) is 0 Å². The molecule has 0 bridgehead atoms. The number of amides is 1. The van der Waals surface area contributed by atoms with Gasteiger partial charge in [-0.3, -0.25) is 9.35 Å². The van der Waals surface area contributed by atoms with Gasteiger partial charge in [-0.05, 0) is 42.5 Å². The average Bonchev–Trinajstić information content (AvgIpc) is 2.48. The number of carbonyl (C=O) groups excluding carboxylic acids is 1. The molecule has 0 aliphatic carbocycles. The van der Waals surface area contributed by atoms with Gasteiger partial charge in [0.05, 0.1) is 11.3 Å². The van der Waals surface area contributed by atoms with Crippen LogP contribution in [0.4, 0.5) is 11.4 Å². The summed E-state index contributed by atoms with van der Waals surface area (Å²) in [6, 6.07) is 8.65. The first-order valence-corrected chi connectivity index (χ1v) is 7.64. The van der Waals surface area contributed by atoms with Crippen molar-refractivity contribution in [3.05, 3.63) is 53.6 Å². The molecule has 2 aromatic rings. The Bertz CT molecular complexity index is 875. The van der Waals surface area contributed by atoms with Crippen molar-refractivity contribution in [3.63, 3.8) is 0 Å². The second-order valence-electron chi connectivity index (χ2n) is 4.57. The standard InChI is InChI=1S/C14H12N2O6S/c15-10-5-6-11(12(7-10)23(20,21)22)16-13(17)8-1-3-9(4-2-8)14(18)19/h1-7H,15H2,(H,16,17)(H,18,19)(H,20,21,22). The normalized spacial score (nSPS) is 11.0. The Labute approximate surface area is 131 Å². The fourth-order valence-electron chi connectivity index (χ4n) is 1.81. The number of nitrogen functional groups attached to an aromatic ring is 1. The van der Waals surface area contributed by atoms with E-state index in [4.69, 9.17) is 10.8 Å². The van der Waals surface area contributed by atoms with Gasteiger partial charge in [0.1, 0.15) is 4.90 Å². The van der Waals surface area contributed by atoms with E-state index in [1.807, 2.05) is 0 Å². The van der Waals surface area contributed by atoms with Gasteiger partial charge in [0.15, 0.2) is 0 Å². The lowest BCUT2D eigenvalue weighted by Crippen LogP contribution is -2.15. The minimum Gasteiger partial charge on any atom is -0.478 e. The number of hydrogen-bond donors (Lipinski definition) is 4. The summed E-state index contributed by atoms with van der Waals surface area (Å²) in [5.41, 5.74) is 5.55. The number of anilines is 2. The van der Waals surface area contributed by atoms with Crippen molar-refractivity contribution in [1.29, 1.82) is 0 Å². The highest BCUT2D eigenvalue weighted by molar-refractivity contribution is 7.86. The number of carboxylic acids is 1.